The Hall–Kier alpha value is -0.860. The van der Waals surface area contributed by atoms with Crippen LogP contribution in [0, 0.1) is 12.8 Å². The molecular weight excluding hydrogens is 246 g/mol. The summed E-state index contributed by atoms with van der Waals surface area (Å²) in [6.07, 6.45) is 1.89. The van der Waals surface area contributed by atoms with Crippen LogP contribution in [0.4, 0.5) is 0 Å². The second-order valence-corrected chi connectivity index (χ2v) is 6.24. The van der Waals surface area contributed by atoms with E-state index in [1.165, 1.54) is 5.56 Å². The van der Waals surface area contributed by atoms with Crippen LogP contribution in [0.2, 0.25) is 0 Å². The highest BCUT2D eigenvalue weighted by atomic mass is 16.3. The van der Waals surface area contributed by atoms with Crippen molar-refractivity contribution in [3.05, 3.63) is 35.4 Å². The molecule has 1 N–H and O–H groups in total. The maximum Gasteiger partial charge on any atom is 0.0917 e. The van der Waals surface area contributed by atoms with E-state index in [1.54, 1.807) is 0 Å². The zero-order valence-corrected chi connectivity index (χ0v) is 13.8. The number of aliphatic hydroxyl groups excluding tert-OH is 1. The van der Waals surface area contributed by atoms with Gasteiger partial charge in [-0.1, -0.05) is 57.5 Å². The highest BCUT2D eigenvalue weighted by Crippen LogP contribution is 2.19. The molecule has 0 fully saturated rings. The molecule has 0 aliphatic carbocycles. The fourth-order valence-corrected chi connectivity index (χ4v) is 2.76. The van der Waals surface area contributed by atoms with E-state index in [0.717, 1.165) is 31.5 Å². The van der Waals surface area contributed by atoms with E-state index in [-0.39, 0.29) is 0 Å². The molecule has 0 amide bonds. The molecule has 0 spiro atoms. The smallest absolute Gasteiger partial charge is 0.0917 e. The van der Waals surface area contributed by atoms with Crippen molar-refractivity contribution in [3.8, 4) is 0 Å². The van der Waals surface area contributed by atoms with Crippen LogP contribution in [0.15, 0.2) is 24.3 Å². The Labute approximate surface area is 124 Å². The molecule has 1 unspecified atom stereocenters. The van der Waals surface area contributed by atoms with E-state index in [0.29, 0.717) is 12.0 Å². The topological polar surface area (TPSA) is 23.5 Å². The summed E-state index contributed by atoms with van der Waals surface area (Å²) >= 11 is 0. The maximum atomic E-state index is 10.5. The van der Waals surface area contributed by atoms with Crippen molar-refractivity contribution in [2.75, 3.05) is 13.1 Å². The number of hydrogen-bond acceptors (Lipinski definition) is 2. The van der Waals surface area contributed by atoms with Gasteiger partial charge in [-0.3, -0.25) is 4.90 Å². The van der Waals surface area contributed by atoms with Gasteiger partial charge in [0.25, 0.3) is 0 Å². The lowest BCUT2D eigenvalue weighted by Crippen LogP contribution is -2.40. The van der Waals surface area contributed by atoms with Crippen LogP contribution in [0.1, 0.15) is 57.8 Å². The second kappa shape index (κ2) is 8.43. The van der Waals surface area contributed by atoms with E-state index in [1.807, 2.05) is 12.1 Å². The normalized spacial score (nSPS) is 13.4. The van der Waals surface area contributed by atoms with Crippen molar-refractivity contribution in [1.82, 2.24) is 4.90 Å². The van der Waals surface area contributed by atoms with Crippen LogP contribution in [0.25, 0.3) is 0 Å². The number of benzene rings is 1. The van der Waals surface area contributed by atoms with Gasteiger partial charge in [-0.05, 0) is 31.2 Å². The minimum atomic E-state index is -0.394. The first-order valence-electron chi connectivity index (χ1n) is 7.96. The molecule has 114 valence electrons. The Kier molecular flexibility index (Phi) is 7.25. The van der Waals surface area contributed by atoms with Gasteiger partial charge in [-0.15, -0.1) is 0 Å². The summed E-state index contributed by atoms with van der Waals surface area (Å²) in [6.45, 7) is 12.8. The van der Waals surface area contributed by atoms with Gasteiger partial charge in [0.2, 0.25) is 0 Å². The molecule has 0 saturated carbocycles. The van der Waals surface area contributed by atoms with Crippen LogP contribution in [0.5, 0.6) is 0 Å². The van der Waals surface area contributed by atoms with Gasteiger partial charge in [0, 0.05) is 19.1 Å². The Morgan fingerprint density at radius 2 is 1.55 bits per heavy atom. The average molecular weight is 277 g/mol. The van der Waals surface area contributed by atoms with Crippen molar-refractivity contribution >= 4 is 0 Å². The van der Waals surface area contributed by atoms with Crippen LogP contribution in [-0.4, -0.2) is 29.1 Å². The number of aliphatic hydroxyl groups is 1. The molecule has 0 bridgehead atoms. The van der Waals surface area contributed by atoms with Gasteiger partial charge < -0.3 is 5.11 Å². The molecule has 0 aliphatic rings. The largest absolute Gasteiger partial charge is 0.387 e. The molecule has 0 heterocycles. The molecule has 1 aromatic rings. The summed E-state index contributed by atoms with van der Waals surface area (Å²) in [6, 6.07) is 8.80. The summed E-state index contributed by atoms with van der Waals surface area (Å²) in [7, 11) is 0. The van der Waals surface area contributed by atoms with E-state index in [4.69, 9.17) is 0 Å². The summed E-state index contributed by atoms with van der Waals surface area (Å²) in [4.78, 5) is 2.45. The maximum absolute atomic E-state index is 10.5. The van der Waals surface area contributed by atoms with Crippen LogP contribution < -0.4 is 0 Å². The minimum absolute atomic E-state index is 0.394. The lowest BCUT2D eigenvalue weighted by Gasteiger charge is -2.33. The first-order chi connectivity index (χ1) is 9.47. The minimum Gasteiger partial charge on any atom is -0.387 e. The Morgan fingerprint density at radius 3 is 2.00 bits per heavy atom. The van der Waals surface area contributed by atoms with Gasteiger partial charge in [0.05, 0.1) is 6.10 Å². The van der Waals surface area contributed by atoms with Gasteiger partial charge in [-0.25, -0.2) is 0 Å². The number of nitrogens with zero attached hydrogens (tertiary/aromatic N) is 1. The van der Waals surface area contributed by atoms with Crippen molar-refractivity contribution in [3.63, 3.8) is 0 Å². The molecule has 2 nitrogen and oxygen atoms in total. The quantitative estimate of drug-likeness (QED) is 0.770. The van der Waals surface area contributed by atoms with Crippen molar-refractivity contribution in [2.45, 2.75) is 59.6 Å². The first kappa shape index (κ1) is 17.2. The summed E-state index contributed by atoms with van der Waals surface area (Å²) in [5.74, 6) is 0.626. The summed E-state index contributed by atoms with van der Waals surface area (Å²) in [5, 5.41) is 10.5. The molecule has 0 aliphatic heterocycles. The Balaban J connectivity index is 2.74. The van der Waals surface area contributed by atoms with Gasteiger partial charge in [0.15, 0.2) is 0 Å². The number of hydrogen-bond donors (Lipinski definition) is 1. The fraction of sp³-hybridized carbons (Fsp3) is 0.667. The molecule has 20 heavy (non-hydrogen) atoms. The highest BCUT2D eigenvalue weighted by Gasteiger charge is 2.20. The molecule has 1 atom stereocenters. The summed E-state index contributed by atoms with van der Waals surface area (Å²) in [5.41, 5.74) is 2.26. The molecule has 0 aromatic heterocycles. The molecule has 1 rings (SSSR count). The zero-order valence-electron chi connectivity index (χ0n) is 13.8. The van der Waals surface area contributed by atoms with Gasteiger partial charge in [0.1, 0.15) is 0 Å². The van der Waals surface area contributed by atoms with E-state index < -0.39 is 6.10 Å². The molecule has 0 radical (unpaired) electrons. The second-order valence-electron chi connectivity index (χ2n) is 6.24. The van der Waals surface area contributed by atoms with Crippen molar-refractivity contribution in [2.24, 2.45) is 5.92 Å². The number of rotatable bonds is 8. The monoisotopic (exact) mass is 277 g/mol. The van der Waals surface area contributed by atoms with Crippen LogP contribution >= 0.6 is 0 Å². The molecule has 2 heteroatoms. The summed E-state index contributed by atoms with van der Waals surface area (Å²) < 4.78 is 0. The number of aryl methyl sites for hydroxylation is 1. The van der Waals surface area contributed by atoms with E-state index >= 15 is 0 Å². The SMILES string of the molecule is CCC(CC)N(CC(C)C)CC(O)c1ccc(C)cc1. The average Bonchev–Trinajstić information content (AvgIpc) is 2.40. The molecule has 0 saturated heterocycles. The van der Waals surface area contributed by atoms with Crippen molar-refractivity contribution in [1.29, 1.82) is 0 Å². The molecular formula is C18H31NO. The zero-order chi connectivity index (χ0) is 15.1. The lowest BCUT2D eigenvalue weighted by molar-refractivity contribution is 0.0751. The van der Waals surface area contributed by atoms with Gasteiger partial charge in [-0.2, -0.15) is 0 Å². The third-order valence-corrected chi connectivity index (χ3v) is 3.93. The van der Waals surface area contributed by atoms with Crippen molar-refractivity contribution < 1.29 is 5.11 Å². The predicted octanol–water partition coefficient (Wildman–Crippen LogP) is 4.18. The Bertz CT molecular complexity index is 368. The highest BCUT2D eigenvalue weighted by molar-refractivity contribution is 5.23. The molecule has 1 aromatic carbocycles. The Morgan fingerprint density at radius 1 is 1.00 bits per heavy atom. The lowest BCUT2D eigenvalue weighted by atomic mass is 10.0. The van der Waals surface area contributed by atoms with Crippen LogP contribution in [0.3, 0.4) is 0 Å². The standard InChI is InChI=1S/C18H31NO/c1-6-17(7-2)19(12-14(3)4)13-18(20)16-10-8-15(5)9-11-16/h8-11,14,17-18,20H,6-7,12-13H2,1-5H3. The van der Waals surface area contributed by atoms with Crippen LogP contribution in [-0.2, 0) is 0 Å². The van der Waals surface area contributed by atoms with E-state index in [2.05, 4.69) is 51.7 Å². The first-order valence-corrected chi connectivity index (χ1v) is 7.96. The fourth-order valence-electron chi connectivity index (χ4n) is 2.76. The van der Waals surface area contributed by atoms with Gasteiger partial charge >= 0.3 is 0 Å². The third kappa shape index (κ3) is 5.26. The third-order valence-electron chi connectivity index (χ3n) is 3.93. The van der Waals surface area contributed by atoms with E-state index in [9.17, 15) is 5.11 Å². The predicted molar refractivity (Wildman–Crippen MR) is 86.9 cm³/mol.